The third-order valence-electron chi connectivity index (χ3n) is 3.92. The molecule has 0 aliphatic rings. The van der Waals surface area contributed by atoms with Crippen molar-refractivity contribution in [3.05, 3.63) is 83.1 Å². The van der Waals surface area contributed by atoms with Gasteiger partial charge in [-0.05, 0) is 65.3 Å². The maximum absolute atomic E-state index is 13.1. The van der Waals surface area contributed by atoms with Gasteiger partial charge in [-0.15, -0.1) is 0 Å². The van der Waals surface area contributed by atoms with E-state index < -0.39 is 16.0 Å². The van der Waals surface area contributed by atoms with Crippen LogP contribution in [0.25, 0.3) is 0 Å². The van der Waals surface area contributed by atoms with Gasteiger partial charge >= 0.3 is 5.97 Å². The minimum absolute atomic E-state index is 0.0119. The van der Waals surface area contributed by atoms with E-state index in [2.05, 4.69) is 20.9 Å². The number of pyridine rings is 1. The Hall–Kier alpha value is -2.71. The fraction of sp³-hybridized carbons (Fsp3) is 0.100. The van der Waals surface area contributed by atoms with Gasteiger partial charge < -0.3 is 4.74 Å². The Morgan fingerprint density at radius 3 is 2.50 bits per heavy atom. The number of hydrogen-bond acceptors (Lipinski definition) is 5. The number of benzene rings is 2. The summed E-state index contributed by atoms with van der Waals surface area (Å²) in [7, 11) is -3.84. The number of hydrogen-bond donors (Lipinski definition) is 0. The van der Waals surface area contributed by atoms with Crippen LogP contribution in [0.5, 0.6) is 5.75 Å². The lowest BCUT2D eigenvalue weighted by Gasteiger charge is -2.23. The van der Waals surface area contributed by atoms with Crippen LogP contribution in [0.3, 0.4) is 0 Å². The normalized spacial score (nSPS) is 11.1. The van der Waals surface area contributed by atoms with E-state index in [0.717, 1.165) is 0 Å². The highest BCUT2D eigenvalue weighted by Gasteiger charge is 2.24. The molecule has 0 unspecified atom stereocenters. The Kier molecular flexibility index (Phi) is 6.11. The van der Waals surface area contributed by atoms with Crippen LogP contribution in [0.15, 0.2) is 82.4 Å². The molecule has 1 heterocycles. The smallest absolute Gasteiger partial charge is 0.343 e. The maximum Gasteiger partial charge on any atom is 0.343 e. The first-order valence-corrected chi connectivity index (χ1v) is 10.7. The number of para-hydroxylation sites is 1. The number of carbonyl (C=O) groups is 1. The SMILES string of the molecule is CCN(c1ccccc1)S(=O)(=O)c1cccc(C(=O)Oc2cccnc2Br)c1. The second-order valence-electron chi connectivity index (χ2n) is 5.72. The minimum atomic E-state index is -3.84. The van der Waals surface area contributed by atoms with Crippen LogP contribution < -0.4 is 9.04 Å². The number of halogens is 1. The predicted molar refractivity (Wildman–Crippen MR) is 110 cm³/mol. The lowest BCUT2D eigenvalue weighted by atomic mass is 10.2. The van der Waals surface area contributed by atoms with Crippen LogP contribution in [0.4, 0.5) is 5.69 Å². The first-order chi connectivity index (χ1) is 13.4. The first-order valence-electron chi connectivity index (χ1n) is 8.44. The molecule has 144 valence electrons. The summed E-state index contributed by atoms with van der Waals surface area (Å²) < 4.78 is 33.2. The highest BCUT2D eigenvalue weighted by atomic mass is 79.9. The number of ether oxygens (including phenoxy) is 1. The number of sulfonamides is 1. The van der Waals surface area contributed by atoms with Gasteiger partial charge in [0.15, 0.2) is 5.75 Å². The summed E-state index contributed by atoms with van der Waals surface area (Å²) >= 11 is 3.21. The Bertz CT molecular complexity index is 1090. The molecule has 0 saturated carbocycles. The van der Waals surface area contributed by atoms with Crippen molar-refractivity contribution < 1.29 is 17.9 Å². The summed E-state index contributed by atoms with van der Waals surface area (Å²) in [5.74, 6) is -0.422. The second kappa shape index (κ2) is 8.53. The van der Waals surface area contributed by atoms with Gasteiger partial charge in [0, 0.05) is 12.7 Å². The van der Waals surface area contributed by atoms with Gasteiger partial charge in [-0.3, -0.25) is 4.31 Å². The average Bonchev–Trinajstić information content (AvgIpc) is 2.71. The molecule has 0 bridgehead atoms. The molecule has 6 nitrogen and oxygen atoms in total. The Labute approximate surface area is 172 Å². The van der Waals surface area contributed by atoms with Gasteiger partial charge in [-0.1, -0.05) is 24.3 Å². The highest BCUT2D eigenvalue weighted by molar-refractivity contribution is 9.10. The van der Waals surface area contributed by atoms with Crippen molar-refractivity contribution in [1.29, 1.82) is 0 Å². The molecule has 0 spiro atoms. The first kappa shape index (κ1) is 20.0. The molecule has 0 aliphatic heterocycles. The van der Waals surface area contributed by atoms with Gasteiger partial charge in [0.25, 0.3) is 10.0 Å². The molecular formula is C20H17BrN2O4S. The summed E-state index contributed by atoms with van der Waals surface area (Å²) in [6, 6.07) is 17.8. The van der Waals surface area contributed by atoms with Crippen molar-refractivity contribution in [2.45, 2.75) is 11.8 Å². The van der Waals surface area contributed by atoms with Crippen molar-refractivity contribution >= 4 is 37.6 Å². The molecule has 3 rings (SSSR count). The molecule has 0 atom stereocenters. The Balaban J connectivity index is 1.92. The lowest BCUT2D eigenvalue weighted by molar-refractivity contribution is 0.0732. The fourth-order valence-corrected chi connectivity index (χ4v) is 4.45. The largest absolute Gasteiger partial charge is 0.420 e. The van der Waals surface area contributed by atoms with Crippen LogP contribution in [0.2, 0.25) is 0 Å². The summed E-state index contributed by atoms with van der Waals surface area (Å²) in [5, 5.41) is 0. The van der Waals surface area contributed by atoms with Gasteiger partial charge in [0.1, 0.15) is 4.60 Å². The zero-order valence-electron chi connectivity index (χ0n) is 14.9. The van der Waals surface area contributed by atoms with E-state index in [1.165, 1.54) is 28.6 Å². The number of nitrogens with zero attached hydrogens (tertiary/aromatic N) is 2. The molecule has 0 fully saturated rings. The Morgan fingerprint density at radius 1 is 1.07 bits per heavy atom. The summed E-state index contributed by atoms with van der Waals surface area (Å²) in [6.45, 7) is 2.01. The number of rotatable bonds is 6. The van der Waals surface area contributed by atoms with Crippen LogP contribution in [0, 0.1) is 0 Å². The monoisotopic (exact) mass is 460 g/mol. The number of carbonyl (C=O) groups excluding carboxylic acids is 1. The minimum Gasteiger partial charge on any atom is -0.420 e. The molecule has 1 aromatic heterocycles. The van der Waals surface area contributed by atoms with E-state index in [1.807, 2.05) is 6.07 Å². The number of anilines is 1. The van der Waals surface area contributed by atoms with Crippen molar-refractivity contribution in [3.63, 3.8) is 0 Å². The van der Waals surface area contributed by atoms with E-state index in [0.29, 0.717) is 10.3 Å². The third-order valence-corrected chi connectivity index (χ3v) is 6.41. The van der Waals surface area contributed by atoms with Gasteiger partial charge in [0.05, 0.1) is 16.1 Å². The van der Waals surface area contributed by atoms with Gasteiger partial charge in [-0.2, -0.15) is 0 Å². The third kappa shape index (κ3) is 4.23. The standard InChI is InChI=1S/C20H17BrN2O4S/c1-2-23(16-9-4-3-5-10-16)28(25,26)17-11-6-8-15(14-17)20(24)27-18-12-7-13-22-19(18)21/h3-14H,2H2,1H3. The highest BCUT2D eigenvalue weighted by Crippen LogP contribution is 2.25. The second-order valence-corrected chi connectivity index (χ2v) is 8.33. The fourth-order valence-electron chi connectivity index (χ4n) is 2.60. The quantitative estimate of drug-likeness (QED) is 0.405. The molecule has 0 N–H and O–H groups in total. The van der Waals surface area contributed by atoms with Crippen LogP contribution >= 0.6 is 15.9 Å². The molecule has 0 aliphatic carbocycles. The van der Waals surface area contributed by atoms with E-state index in [-0.39, 0.29) is 22.8 Å². The topological polar surface area (TPSA) is 76.6 Å². The van der Waals surface area contributed by atoms with Crippen LogP contribution in [0.1, 0.15) is 17.3 Å². The van der Waals surface area contributed by atoms with Crippen molar-refractivity contribution in [1.82, 2.24) is 4.98 Å². The molecule has 0 radical (unpaired) electrons. The molecular weight excluding hydrogens is 444 g/mol. The van der Waals surface area contributed by atoms with Crippen molar-refractivity contribution in [3.8, 4) is 5.75 Å². The van der Waals surface area contributed by atoms with Gasteiger partial charge in [0.2, 0.25) is 0 Å². The molecule has 3 aromatic rings. The molecule has 2 aromatic carbocycles. The van der Waals surface area contributed by atoms with E-state index in [1.54, 1.807) is 49.5 Å². The predicted octanol–water partition coefficient (Wildman–Crippen LogP) is 4.28. The zero-order chi connectivity index (χ0) is 20.1. The summed E-state index contributed by atoms with van der Waals surface area (Å²) in [4.78, 5) is 16.5. The summed E-state index contributed by atoms with van der Waals surface area (Å²) in [6.07, 6.45) is 1.55. The number of esters is 1. The van der Waals surface area contributed by atoms with Gasteiger partial charge in [-0.25, -0.2) is 18.2 Å². The van der Waals surface area contributed by atoms with E-state index >= 15 is 0 Å². The Morgan fingerprint density at radius 2 is 1.82 bits per heavy atom. The average molecular weight is 461 g/mol. The van der Waals surface area contributed by atoms with Crippen molar-refractivity contribution in [2.75, 3.05) is 10.8 Å². The van der Waals surface area contributed by atoms with Crippen LogP contribution in [-0.4, -0.2) is 25.9 Å². The van der Waals surface area contributed by atoms with Crippen LogP contribution in [-0.2, 0) is 10.0 Å². The van der Waals surface area contributed by atoms with E-state index in [4.69, 9.17) is 4.74 Å². The molecule has 8 heteroatoms. The molecule has 0 amide bonds. The number of aromatic nitrogens is 1. The molecule has 0 saturated heterocycles. The lowest BCUT2D eigenvalue weighted by Crippen LogP contribution is -2.30. The molecule has 28 heavy (non-hydrogen) atoms. The van der Waals surface area contributed by atoms with Crippen molar-refractivity contribution in [2.24, 2.45) is 0 Å². The maximum atomic E-state index is 13.1. The summed E-state index contributed by atoms with van der Waals surface area (Å²) in [5.41, 5.74) is 0.679. The van der Waals surface area contributed by atoms with E-state index in [9.17, 15) is 13.2 Å². The zero-order valence-corrected chi connectivity index (χ0v) is 17.4.